The van der Waals surface area contributed by atoms with E-state index in [1.54, 1.807) is 6.08 Å². The molecule has 0 unspecified atom stereocenters. The second-order valence-electron chi connectivity index (χ2n) is 4.81. The normalized spacial score (nSPS) is 10.8. The van der Waals surface area contributed by atoms with E-state index >= 15 is 0 Å². The van der Waals surface area contributed by atoms with Crippen LogP contribution in [0.25, 0.3) is 6.08 Å². The fourth-order valence-corrected chi connectivity index (χ4v) is 1.99. The van der Waals surface area contributed by atoms with Gasteiger partial charge in [0.15, 0.2) is 5.78 Å². The Morgan fingerprint density at radius 3 is 2.40 bits per heavy atom. The first-order valence-electron chi connectivity index (χ1n) is 6.84. The fraction of sp³-hybridized carbons (Fsp3) is 0.167. The van der Waals surface area contributed by atoms with E-state index in [4.69, 9.17) is 5.73 Å². The first kappa shape index (κ1) is 14.1. The Hall–Kier alpha value is -2.35. The van der Waals surface area contributed by atoms with Gasteiger partial charge in [-0.05, 0) is 42.2 Å². The van der Waals surface area contributed by atoms with Gasteiger partial charge in [0.25, 0.3) is 0 Å². The molecule has 2 aromatic rings. The highest BCUT2D eigenvalue weighted by molar-refractivity contribution is 5.93. The Balaban J connectivity index is 1.76. The quantitative estimate of drug-likeness (QED) is 0.636. The molecular formula is C18H19NO. The van der Waals surface area contributed by atoms with Crippen LogP contribution in [0.5, 0.6) is 0 Å². The molecule has 20 heavy (non-hydrogen) atoms. The molecule has 0 heterocycles. The van der Waals surface area contributed by atoms with E-state index in [1.807, 2.05) is 48.5 Å². The summed E-state index contributed by atoms with van der Waals surface area (Å²) in [7, 11) is 0. The smallest absolute Gasteiger partial charge is 0.155 e. The highest BCUT2D eigenvalue weighted by Crippen LogP contribution is 2.08. The van der Waals surface area contributed by atoms with Crippen molar-refractivity contribution in [3.8, 4) is 0 Å². The maximum Gasteiger partial charge on any atom is 0.155 e. The number of aryl methyl sites for hydroxylation is 1. The first-order valence-corrected chi connectivity index (χ1v) is 6.84. The van der Waals surface area contributed by atoms with Gasteiger partial charge in [0, 0.05) is 12.1 Å². The van der Waals surface area contributed by atoms with Crippen molar-refractivity contribution in [2.75, 3.05) is 5.73 Å². The van der Waals surface area contributed by atoms with Crippen LogP contribution in [-0.2, 0) is 11.2 Å². The third kappa shape index (κ3) is 4.73. The number of nitrogens with two attached hydrogens (primary N) is 1. The average molecular weight is 265 g/mol. The van der Waals surface area contributed by atoms with Gasteiger partial charge in [0.05, 0.1) is 0 Å². The predicted molar refractivity (Wildman–Crippen MR) is 84.3 cm³/mol. The third-order valence-corrected chi connectivity index (χ3v) is 3.13. The summed E-state index contributed by atoms with van der Waals surface area (Å²) < 4.78 is 0. The number of allylic oxidation sites excluding steroid dienone is 1. The van der Waals surface area contributed by atoms with Gasteiger partial charge in [0.2, 0.25) is 0 Å². The molecule has 0 aliphatic carbocycles. The third-order valence-electron chi connectivity index (χ3n) is 3.13. The minimum Gasteiger partial charge on any atom is -0.399 e. The molecule has 0 saturated heterocycles. The van der Waals surface area contributed by atoms with Gasteiger partial charge < -0.3 is 5.73 Å². The van der Waals surface area contributed by atoms with E-state index in [0.717, 1.165) is 24.1 Å². The number of carbonyl (C=O) groups excluding carboxylic acids is 1. The molecule has 0 radical (unpaired) electrons. The molecule has 0 aromatic heterocycles. The van der Waals surface area contributed by atoms with Crippen LogP contribution in [0, 0.1) is 0 Å². The van der Waals surface area contributed by atoms with Gasteiger partial charge in [-0.1, -0.05) is 48.5 Å². The molecule has 0 spiro atoms. The number of rotatable bonds is 6. The maximum atomic E-state index is 11.8. The lowest BCUT2D eigenvalue weighted by molar-refractivity contribution is -0.114. The molecule has 0 bridgehead atoms. The van der Waals surface area contributed by atoms with Crippen molar-refractivity contribution in [2.24, 2.45) is 0 Å². The summed E-state index contributed by atoms with van der Waals surface area (Å²) in [4.78, 5) is 11.8. The highest BCUT2D eigenvalue weighted by atomic mass is 16.1. The summed E-state index contributed by atoms with van der Waals surface area (Å²) in [5, 5.41) is 0. The Labute approximate surface area is 119 Å². The van der Waals surface area contributed by atoms with Crippen molar-refractivity contribution < 1.29 is 4.79 Å². The second kappa shape index (κ2) is 7.29. The molecule has 0 fully saturated rings. The lowest BCUT2D eigenvalue weighted by Gasteiger charge is -1.99. The number of ketones is 1. The first-order chi connectivity index (χ1) is 9.74. The van der Waals surface area contributed by atoms with E-state index < -0.39 is 0 Å². The fourth-order valence-electron chi connectivity index (χ4n) is 1.99. The molecule has 2 heteroatoms. The van der Waals surface area contributed by atoms with E-state index in [2.05, 4.69) is 12.1 Å². The van der Waals surface area contributed by atoms with Gasteiger partial charge in [-0.3, -0.25) is 4.79 Å². The number of hydrogen-bond acceptors (Lipinski definition) is 2. The number of carbonyl (C=O) groups is 1. The van der Waals surface area contributed by atoms with Gasteiger partial charge in [-0.15, -0.1) is 0 Å². The molecule has 0 amide bonds. The Kier molecular flexibility index (Phi) is 5.13. The number of anilines is 1. The largest absolute Gasteiger partial charge is 0.399 e. The Morgan fingerprint density at radius 1 is 1.00 bits per heavy atom. The van der Waals surface area contributed by atoms with Gasteiger partial charge in [-0.25, -0.2) is 0 Å². The number of nitrogen functional groups attached to an aromatic ring is 1. The van der Waals surface area contributed by atoms with E-state index in [0.29, 0.717) is 6.42 Å². The van der Waals surface area contributed by atoms with Crippen LogP contribution >= 0.6 is 0 Å². The topological polar surface area (TPSA) is 43.1 Å². The van der Waals surface area contributed by atoms with Crippen molar-refractivity contribution in [2.45, 2.75) is 19.3 Å². The second-order valence-corrected chi connectivity index (χ2v) is 4.81. The molecule has 0 saturated carbocycles. The molecule has 2 aromatic carbocycles. The summed E-state index contributed by atoms with van der Waals surface area (Å²) >= 11 is 0. The van der Waals surface area contributed by atoms with Crippen LogP contribution in [0.4, 0.5) is 5.69 Å². The summed E-state index contributed by atoms with van der Waals surface area (Å²) in [6.07, 6.45) is 5.90. The van der Waals surface area contributed by atoms with E-state index in [9.17, 15) is 4.79 Å². The van der Waals surface area contributed by atoms with Crippen molar-refractivity contribution in [1.29, 1.82) is 0 Å². The van der Waals surface area contributed by atoms with Crippen molar-refractivity contribution >= 4 is 17.5 Å². The van der Waals surface area contributed by atoms with Crippen LogP contribution in [0.15, 0.2) is 60.7 Å². The predicted octanol–water partition coefficient (Wildman–Crippen LogP) is 3.87. The molecule has 2 N–H and O–H groups in total. The van der Waals surface area contributed by atoms with Gasteiger partial charge in [-0.2, -0.15) is 0 Å². The molecule has 102 valence electrons. The monoisotopic (exact) mass is 265 g/mol. The Morgan fingerprint density at radius 2 is 1.70 bits per heavy atom. The number of benzene rings is 2. The zero-order valence-electron chi connectivity index (χ0n) is 11.5. The zero-order chi connectivity index (χ0) is 14.2. The van der Waals surface area contributed by atoms with Crippen LogP contribution in [-0.4, -0.2) is 5.78 Å². The van der Waals surface area contributed by atoms with E-state index in [-0.39, 0.29) is 5.78 Å². The van der Waals surface area contributed by atoms with Gasteiger partial charge >= 0.3 is 0 Å². The summed E-state index contributed by atoms with van der Waals surface area (Å²) in [5.41, 5.74) is 8.62. The summed E-state index contributed by atoms with van der Waals surface area (Å²) in [5.74, 6) is 0.165. The minimum absolute atomic E-state index is 0.165. The van der Waals surface area contributed by atoms with Crippen LogP contribution in [0.3, 0.4) is 0 Å². The standard InChI is InChI=1S/C18H19NO/c19-17-12-9-16(10-13-17)11-14-18(20)8-4-7-15-5-2-1-3-6-15/h1-3,5-6,9-14H,4,7-8,19H2/b14-11+. The van der Waals surface area contributed by atoms with Crippen LogP contribution in [0.2, 0.25) is 0 Å². The van der Waals surface area contributed by atoms with Crippen LogP contribution < -0.4 is 5.73 Å². The molecule has 0 aliphatic heterocycles. The molecule has 2 nitrogen and oxygen atoms in total. The summed E-state index contributed by atoms with van der Waals surface area (Å²) in [6, 6.07) is 17.7. The van der Waals surface area contributed by atoms with Gasteiger partial charge in [0.1, 0.15) is 0 Å². The van der Waals surface area contributed by atoms with Crippen molar-refractivity contribution in [3.63, 3.8) is 0 Å². The average Bonchev–Trinajstić information content (AvgIpc) is 2.48. The van der Waals surface area contributed by atoms with E-state index in [1.165, 1.54) is 5.56 Å². The lowest BCUT2D eigenvalue weighted by atomic mass is 10.1. The van der Waals surface area contributed by atoms with Crippen molar-refractivity contribution in [1.82, 2.24) is 0 Å². The lowest BCUT2D eigenvalue weighted by Crippen LogP contribution is -1.94. The number of hydrogen-bond donors (Lipinski definition) is 1. The Bertz CT molecular complexity index is 570. The molecular weight excluding hydrogens is 246 g/mol. The SMILES string of the molecule is Nc1ccc(/C=C/C(=O)CCCc2ccccc2)cc1. The minimum atomic E-state index is 0.165. The molecule has 0 atom stereocenters. The highest BCUT2D eigenvalue weighted by Gasteiger charge is 1.98. The summed E-state index contributed by atoms with van der Waals surface area (Å²) in [6.45, 7) is 0. The maximum absolute atomic E-state index is 11.8. The van der Waals surface area contributed by atoms with Crippen LogP contribution in [0.1, 0.15) is 24.0 Å². The molecule has 0 aliphatic rings. The molecule has 2 rings (SSSR count). The van der Waals surface area contributed by atoms with Crippen molar-refractivity contribution in [3.05, 3.63) is 71.8 Å². The zero-order valence-corrected chi connectivity index (χ0v) is 11.5.